The number of amides is 1. The quantitative estimate of drug-likeness (QED) is 0.632. The molecule has 1 atom stereocenters. The Balaban J connectivity index is 4.05. The summed E-state index contributed by atoms with van der Waals surface area (Å²) < 4.78 is 0. The second kappa shape index (κ2) is 9.37. The van der Waals surface area contributed by atoms with E-state index in [0.717, 1.165) is 38.5 Å². The number of aliphatic hydroxyl groups is 1. The van der Waals surface area contributed by atoms with Gasteiger partial charge in [-0.05, 0) is 31.1 Å². The van der Waals surface area contributed by atoms with Gasteiger partial charge in [-0.15, -0.1) is 0 Å². The number of nitrogens with one attached hydrogen (secondary N) is 1. The molecule has 1 amide bonds. The van der Waals surface area contributed by atoms with Gasteiger partial charge in [0, 0.05) is 19.1 Å². The zero-order valence-electron chi connectivity index (χ0n) is 12.6. The van der Waals surface area contributed by atoms with Crippen molar-refractivity contribution < 1.29 is 9.90 Å². The fraction of sp³-hybridized carbons (Fsp3) is 0.933. The van der Waals surface area contributed by atoms with E-state index < -0.39 is 0 Å². The maximum absolute atomic E-state index is 12.0. The van der Waals surface area contributed by atoms with Crippen LogP contribution in [-0.2, 0) is 4.79 Å². The van der Waals surface area contributed by atoms with Gasteiger partial charge in [0.05, 0.1) is 0 Å². The third-order valence-corrected chi connectivity index (χ3v) is 3.52. The van der Waals surface area contributed by atoms with Crippen LogP contribution in [0.2, 0.25) is 0 Å². The second-order valence-electron chi connectivity index (χ2n) is 5.96. The molecule has 0 saturated heterocycles. The molecule has 0 aliphatic carbocycles. The van der Waals surface area contributed by atoms with Crippen LogP contribution in [0, 0.1) is 11.3 Å². The first-order chi connectivity index (χ1) is 8.46. The smallest absolute Gasteiger partial charge is 0.223 e. The number of rotatable bonds is 10. The molecule has 0 aromatic heterocycles. The molecule has 18 heavy (non-hydrogen) atoms. The minimum Gasteiger partial charge on any atom is -0.396 e. The largest absolute Gasteiger partial charge is 0.396 e. The molecule has 0 heterocycles. The normalized spacial score (nSPS) is 13.4. The van der Waals surface area contributed by atoms with E-state index in [9.17, 15) is 4.79 Å². The molecule has 1 unspecified atom stereocenters. The molecule has 0 saturated carbocycles. The Morgan fingerprint density at radius 3 is 2.44 bits per heavy atom. The number of aliphatic hydroxyl groups excluding tert-OH is 1. The number of hydrogen-bond acceptors (Lipinski definition) is 2. The Morgan fingerprint density at radius 2 is 1.94 bits per heavy atom. The van der Waals surface area contributed by atoms with Crippen LogP contribution in [0.3, 0.4) is 0 Å². The maximum atomic E-state index is 12.0. The van der Waals surface area contributed by atoms with Crippen molar-refractivity contribution >= 4 is 5.91 Å². The van der Waals surface area contributed by atoms with Gasteiger partial charge in [-0.3, -0.25) is 4.79 Å². The molecule has 0 rings (SSSR count). The van der Waals surface area contributed by atoms with E-state index in [1.165, 1.54) is 0 Å². The standard InChI is InChI=1S/C15H31NO2/c1-5-7-9-13(6-2)14(18)16-12-15(3,4)10-8-11-17/h13,17H,5-12H2,1-4H3,(H,16,18). The van der Waals surface area contributed by atoms with Crippen LogP contribution >= 0.6 is 0 Å². The van der Waals surface area contributed by atoms with Crippen LogP contribution in [0.1, 0.15) is 66.2 Å². The van der Waals surface area contributed by atoms with Gasteiger partial charge in [0.15, 0.2) is 0 Å². The first kappa shape index (κ1) is 17.4. The van der Waals surface area contributed by atoms with Gasteiger partial charge in [0.1, 0.15) is 0 Å². The Hall–Kier alpha value is -0.570. The fourth-order valence-electron chi connectivity index (χ4n) is 2.09. The predicted molar refractivity (Wildman–Crippen MR) is 76.4 cm³/mol. The summed E-state index contributed by atoms with van der Waals surface area (Å²) >= 11 is 0. The van der Waals surface area contributed by atoms with E-state index >= 15 is 0 Å². The SMILES string of the molecule is CCCCC(CC)C(=O)NCC(C)(C)CCCO. The van der Waals surface area contributed by atoms with Gasteiger partial charge < -0.3 is 10.4 Å². The summed E-state index contributed by atoms with van der Waals surface area (Å²) in [5.74, 6) is 0.363. The van der Waals surface area contributed by atoms with E-state index in [2.05, 4.69) is 33.0 Å². The summed E-state index contributed by atoms with van der Waals surface area (Å²) in [4.78, 5) is 12.0. The van der Waals surface area contributed by atoms with Gasteiger partial charge in [-0.25, -0.2) is 0 Å². The molecule has 0 aliphatic rings. The summed E-state index contributed by atoms with van der Waals surface area (Å²) in [6.45, 7) is 9.44. The lowest BCUT2D eigenvalue weighted by atomic mass is 9.87. The van der Waals surface area contributed by atoms with Crippen LogP contribution in [-0.4, -0.2) is 24.2 Å². The number of unbranched alkanes of at least 4 members (excludes halogenated alkanes) is 1. The van der Waals surface area contributed by atoms with Gasteiger partial charge in [-0.1, -0.05) is 40.5 Å². The third kappa shape index (κ3) is 7.70. The number of hydrogen-bond donors (Lipinski definition) is 2. The van der Waals surface area contributed by atoms with Crippen LogP contribution in [0.15, 0.2) is 0 Å². The predicted octanol–water partition coefficient (Wildman–Crippen LogP) is 3.12. The highest BCUT2D eigenvalue weighted by Crippen LogP contribution is 2.21. The van der Waals surface area contributed by atoms with Crippen molar-refractivity contribution in [3.63, 3.8) is 0 Å². The van der Waals surface area contributed by atoms with E-state index in [-0.39, 0.29) is 23.8 Å². The van der Waals surface area contributed by atoms with E-state index in [4.69, 9.17) is 5.11 Å². The van der Waals surface area contributed by atoms with E-state index in [1.807, 2.05) is 0 Å². The van der Waals surface area contributed by atoms with Crippen molar-refractivity contribution in [2.75, 3.05) is 13.2 Å². The van der Waals surface area contributed by atoms with Crippen molar-refractivity contribution in [3.05, 3.63) is 0 Å². The summed E-state index contributed by atoms with van der Waals surface area (Å²) in [5.41, 5.74) is 0.0709. The Labute approximate surface area is 112 Å². The van der Waals surface area contributed by atoms with Crippen molar-refractivity contribution in [2.24, 2.45) is 11.3 Å². The van der Waals surface area contributed by atoms with Gasteiger partial charge in [0.2, 0.25) is 5.91 Å². The molecule has 0 aromatic carbocycles. The lowest BCUT2D eigenvalue weighted by Gasteiger charge is -2.26. The van der Waals surface area contributed by atoms with Crippen LogP contribution in [0.25, 0.3) is 0 Å². The Morgan fingerprint density at radius 1 is 1.28 bits per heavy atom. The molecule has 0 fully saturated rings. The molecule has 0 bridgehead atoms. The lowest BCUT2D eigenvalue weighted by Crippen LogP contribution is -2.37. The summed E-state index contributed by atoms with van der Waals surface area (Å²) in [5, 5.41) is 11.9. The molecule has 2 N–H and O–H groups in total. The van der Waals surface area contributed by atoms with Crippen LogP contribution in [0.4, 0.5) is 0 Å². The molecular formula is C15H31NO2. The lowest BCUT2D eigenvalue weighted by molar-refractivity contribution is -0.125. The average molecular weight is 257 g/mol. The second-order valence-corrected chi connectivity index (χ2v) is 5.96. The molecule has 3 nitrogen and oxygen atoms in total. The highest BCUT2D eigenvalue weighted by Gasteiger charge is 2.21. The minimum atomic E-state index is 0.0709. The first-order valence-electron chi connectivity index (χ1n) is 7.35. The monoisotopic (exact) mass is 257 g/mol. The zero-order valence-corrected chi connectivity index (χ0v) is 12.6. The summed E-state index contributed by atoms with van der Waals surface area (Å²) in [7, 11) is 0. The highest BCUT2D eigenvalue weighted by molar-refractivity contribution is 5.78. The van der Waals surface area contributed by atoms with Crippen molar-refractivity contribution in [2.45, 2.75) is 66.2 Å². The van der Waals surface area contributed by atoms with Gasteiger partial charge in [0.25, 0.3) is 0 Å². The fourth-order valence-corrected chi connectivity index (χ4v) is 2.09. The zero-order chi connectivity index (χ0) is 14.0. The average Bonchev–Trinajstić information content (AvgIpc) is 2.35. The van der Waals surface area contributed by atoms with Crippen LogP contribution in [0.5, 0.6) is 0 Å². The molecule has 0 aliphatic heterocycles. The molecule has 108 valence electrons. The first-order valence-corrected chi connectivity index (χ1v) is 7.35. The number of carbonyl (C=O) groups excluding carboxylic acids is 1. The van der Waals surface area contributed by atoms with Gasteiger partial charge >= 0.3 is 0 Å². The van der Waals surface area contributed by atoms with Gasteiger partial charge in [-0.2, -0.15) is 0 Å². The summed E-state index contributed by atoms with van der Waals surface area (Å²) in [6.07, 6.45) is 5.93. The topological polar surface area (TPSA) is 49.3 Å². The minimum absolute atomic E-state index is 0.0709. The highest BCUT2D eigenvalue weighted by atomic mass is 16.2. The molecule has 0 aromatic rings. The van der Waals surface area contributed by atoms with E-state index in [1.54, 1.807) is 0 Å². The van der Waals surface area contributed by atoms with E-state index in [0.29, 0.717) is 6.54 Å². The molecular weight excluding hydrogens is 226 g/mol. The van der Waals surface area contributed by atoms with Crippen molar-refractivity contribution in [1.29, 1.82) is 0 Å². The Kier molecular flexibility index (Phi) is 9.08. The third-order valence-electron chi connectivity index (χ3n) is 3.52. The summed E-state index contributed by atoms with van der Waals surface area (Å²) in [6, 6.07) is 0. The van der Waals surface area contributed by atoms with Crippen molar-refractivity contribution in [3.8, 4) is 0 Å². The maximum Gasteiger partial charge on any atom is 0.223 e. The van der Waals surface area contributed by atoms with Crippen molar-refractivity contribution in [1.82, 2.24) is 5.32 Å². The number of carbonyl (C=O) groups is 1. The molecule has 0 spiro atoms. The molecule has 0 radical (unpaired) electrons. The van der Waals surface area contributed by atoms with Crippen LogP contribution < -0.4 is 5.32 Å². The Bertz CT molecular complexity index is 227. The molecule has 3 heteroatoms.